The average Bonchev–Trinajstić information content (AvgIpc) is 2.13. The Morgan fingerprint density at radius 2 is 1.82 bits per heavy atom. The van der Waals surface area contributed by atoms with E-state index in [1.807, 2.05) is 0 Å². The Bertz CT molecular complexity index is 415. The quantitative estimate of drug-likeness (QED) is 0.829. The van der Waals surface area contributed by atoms with Gasteiger partial charge in [-0.05, 0) is 17.0 Å². The number of aromatic carboxylic acids is 1. The average molecular weight is 247 g/mol. The molecular formula is C11H12F3NO2. The Hall–Kier alpha value is -1.59. The van der Waals surface area contributed by atoms with E-state index in [-0.39, 0.29) is 5.56 Å². The summed E-state index contributed by atoms with van der Waals surface area (Å²) in [4.78, 5) is 14.1. The van der Waals surface area contributed by atoms with Crippen LogP contribution in [-0.2, 0) is 11.6 Å². The molecule has 0 bridgehead atoms. The van der Waals surface area contributed by atoms with Gasteiger partial charge in [-0.3, -0.25) is 4.98 Å². The second-order valence-corrected chi connectivity index (χ2v) is 4.64. The van der Waals surface area contributed by atoms with Crippen LogP contribution in [0.4, 0.5) is 13.2 Å². The molecule has 6 heteroatoms. The molecule has 0 aliphatic heterocycles. The van der Waals surface area contributed by atoms with E-state index in [1.165, 1.54) is 6.07 Å². The van der Waals surface area contributed by atoms with Gasteiger partial charge in [0.05, 0.1) is 5.56 Å². The number of carbonyl (C=O) groups is 1. The zero-order valence-electron chi connectivity index (χ0n) is 9.59. The maximum absolute atomic E-state index is 12.7. The van der Waals surface area contributed by atoms with Crippen LogP contribution in [0.3, 0.4) is 0 Å². The first-order chi connectivity index (χ1) is 7.55. The minimum absolute atomic E-state index is 0.118. The van der Waals surface area contributed by atoms with Gasteiger partial charge in [0, 0.05) is 6.20 Å². The molecule has 1 N–H and O–H groups in total. The SMILES string of the molecule is CC(C)(C)c1ccnc(C(F)(F)F)c1C(=O)O. The molecule has 0 amide bonds. The number of hydrogen-bond donors (Lipinski definition) is 1. The van der Waals surface area contributed by atoms with E-state index in [0.717, 1.165) is 6.20 Å². The molecular weight excluding hydrogens is 235 g/mol. The van der Waals surface area contributed by atoms with Crippen LogP contribution in [0.2, 0.25) is 0 Å². The lowest BCUT2D eigenvalue weighted by Crippen LogP contribution is -2.23. The number of hydrogen-bond acceptors (Lipinski definition) is 2. The molecule has 3 nitrogen and oxygen atoms in total. The number of halogens is 3. The molecule has 0 fully saturated rings. The van der Waals surface area contributed by atoms with Crippen LogP contribution >= 0.6 is 0 Å². The summed E-state index contributed by atoms with van der Waals surface area (Å²) >= 11 is 0. The molecule has 1 aromatic heterocycles. The lowest BCUT2D eigenvalue weighted by molar-refractivity contribution is -0.141. The summed E-state index contributed by atoms with van der Waals surface area (Å²) in [5, 5.41) is 8.93. The topological polar surface area (TPSA) is 50.2 Å². The molecule has 0 radical (unpaired) electrons. The molecule has 0 saturated carbocycles. The van der Waals surface area contributed by atoms with Crippen molar-refractivity contribution >= 4 is 5.97 Å². The van der Waals surface area contributed by atoms with Gasteiger partial charge in [-0.1, -0.05) is 20.8 Å². The summed E-state index contributed by atoms with van der Waals surface area (Å²) in [6.07, 6.45) is -3.79. The summed E-state index contributed by atoms with van der Waals surface area (Å²) in [5.41, 5.74) is -2.70. The van der Waals surface area contributed by atoms with E-state index in [4.69, 9.17) is 5.11 Å². The lowest BCUT2D eigenvalue weighted by Gasteiger charge is -2.23. The summed E-state index contributed by atoms with van der Waals surface area (Å²) in [7, 11) is 0. The van der Waals surface area contributed by atoms with Crippen molar-refractivity contribution in [3.63, 3.8) is 0 Å². The van der Waals surface area contributed by atoms with Gasteiger partial charge in [0.2, 0.25) is 0 Å². The van der Waals surface area contributed by atoms with Crippen molar-refractivity contribution in [3.8, 4) is 0 Å². The fourth-order valence-electron chi connectivity index (χ4n) is 1.52. The van der Waals surface area contributed by atoms with Gasteiger partial charge in [-0.25, -0.2) is 4.79 Å². The summed E-state index contributed by atoms with van der Waals surface area (Å²) in [6.45, 7) is 4.94. The van der Waals surface area contributed by atoms with Crippen molar-refractivity contribution in [2.45, 2.75) is 32.4 Å². The number of carboxylic acids is 1. The van der Waals surface area contributed by atoms with Gasteiger partial charge in [0.15, 0.2) is 5.69 Å². The van der Waals surface area contributed by atoms with Crippen molar-refractivity contribution in [2.75, 3.05) is 0 Å². The Kier molecular flexibility index (Phi) is 3.18. The molecule has 1 aromatic rings. The molecule has 0 aliphatic carbocycles. The second-order valence-electron chi connectivity index (χ2n) is 4.64. The van der Waals surface area contributed by atoms with Gasteiger partial charge >= 0.3 is 12.1 Å². The van der Waals surface area contributed by atoms with Gasteiger partial charge < -0.3 is 5.11 Å². The highest BCUT2D eigenvalue weighted by Crippen LogP contribution is 2.35. The largest absolute Gasteiger partial charge is 0.478 e. The number of pyridine rings is 1. The summed E-state index contributed by atoms with van der Waals surface area (Å²) in [5.74, 6) is -1.62. The second kappa shape index (κ2) is 4.01. The number of rotatable bonds is 1. The van der Waals surface area contributed by atoms with E-state index < -0.39 is 28.8 Å². The zero-order valence-corrected chi connectivity index (χ0v) is 9.59. The molecule has 94 valence electrons. The normalized spacial score (nSPS) is 12.6. The van der Waals surface area contributed by atoms with Crippen LogP contribution in [0.25, 0.3) is 0 Å². The van der Waals surface area contributed by atoms with E-state index in [9.17, 15) is 18.0 Å². The van der Waals surface area contributed by atoms with Crippen LogP contribution in [0.15, 0.2) is 12.3 Å². The molecule has 0 aliphatic rings. The fraction of sp³-hybridized carbons (Fsp3) is 0.455. The first-order valence-corrected chi connectivity index (χ1v) is 4.85. The van der Waals surface area contributed by atoms with E-state index in [0.29, 0.717) is 0 Å². The van der Waals surface area contributed by atoms with Gasteiger partial charge in [-0.2, -0.15) is 13.2 Å². The minimum Gasteiger partial charge on any atom is -0.478 e. The Balaban J connectivity index is 3.61. The highest BCUT2D eigenvalue weighted by Gasteiger charge is 2.39. The van der Waals surface area contributed by atoms with Gasteiger partial charge in [-0.15, -0.1) is 0 Å². The fourth-order valence-corrected chi connectivity index (χ4v) is 1.52. The Morgan fingerprint density at radius 1 is 1.29 bits per heavy atom. The van der Waals surface area contributed by atoms with Crippen LogP contribution < -0.4 is 0 Å². The highest BCUT2D eigenvalue weighted by molar-refractivity contribution is 5.91. The third-order valence-corrected chi connectivity index (χ3v) is 2.24. The first kappa shape index (κ1) is 13.5. The third-order valence-electron chi connectivity index (χ3n) is 2.24. The number of carboxylic acid groups (broad SMARTS) is 1. The maximum atomic E-state index is 12.7. The maximum Gasteiger partial charge on any atom is 0.434 e. The minimum atomic E-state index is -4.77. The molecule has 0 spiro atoms. The van der Waals surface area contributed by atoms with Crippen molar-refractivity contribution in [1.82, 2.24) is 4.98 Å². The zero-order chi connectivity index (χ0) is 13.4. The molecule has 0 atom stereocenters. The summed E-state index contributed by atoms with van der Waals surface area (Å²) < 4.78 is 38.0. The van der Waals surface area contributed by atoms with Gasteiger partial charge in [0.25, 0.3) is 0 Å². The van der Waals surface area contributed by atoms with Crippen LogP contribution in [0, 0.1) is 0 Å². The van der Waals surface area contributed by atoms with E-state index >= 15 is 0 Å². The molecule has 0 unspecified atom stereocenters. The van der Waals surface area contributed by atoms with Crippen LogP contribution in [0.5, 0.6) is 0 Å². The number of nitrogens with zero attached hydrogens (tertiary/aromatic N) is 1. The van der Waals surface area contributed by atoms with E-state index in [1.54, 1.807) is 20.8 Å². The standard InChI is InChI=1S/C11H12F3NO2/c1-10(2,3)6-4-5-15-8(11(12,13)14)7(6)9(16)17/h4-5H,1-3H3,(H,16,17). The van der Waals surface area contributed by atoms with Crippen molar-refractivity contribution in [3.05, 3.63) is 29.1 Å². The third kappa shape index (κ3) is 2.75. The highest BCUT2D eigenvalue weighted by atomic mass is 19.4. The molecule has 17 heavy (non-hydrogen) atoms. The van der Waals surface area contributed by atoms with Crippen LogP contribution in [0.1, 0.15) is 42.4 Å². The van der Waals surface area contributed by atoms with Crippen molar-refractivity contribution in [2.24, 2.45) is 0 Å². The predicted molar refractivity (Wildman–Crippen MR) is 54.9 cm³/mol. The van der Waals surface area contributed by atoms with Crippen molar-refractivity contribution < 1.29 is 23.1 Å². The van der Waals surface area contributed by atoms with Gasteiger partial charge in [0.1, 0.15) is 0 Å². The summed E-state index contributed by atoms with van der Waals surface area (Å²) in [6, 6.07) is 1.30. The van der Waals surface area contributed by atoms with E-state index in [2.05, 4.69) is 4.98 Å². The van der Waals surface area contributed by atoms with Crippen LogP contribution in [-0.4, -0.2) is 16.1 Å². The number of alkyl halides is 3. The smallest absolute Gasteiger partial charge is 0.434 e. The Labute approximate surface area is 96.3 Å². The molecule has 0 saturated heterocycles. The monoisotopic (exact) mass is 247 g/mol. The first-order valence-electron chi connectivity index (χ1n) is 4.85. The van der Waals surface area contributed by atoms with Crippen molar-refractivity contribution in [1.29, 1.82) is 0 Å². The Morgan fingerprint density at radius 3 is 2.18 bits per heavy atom. The molecule has 1 rings (SSSR count). The predicted octanol–water partition coefficient (Wildman–Crippen LogP) is 3.10. The number of aromatic nitrogens is 1. The lowest BCUT2D eigenvalue weighted by atomic mass is 9.83. The molecule has 0 aromatic carbocycles. The molecule has 1 heterocycles.